The SMILES string of the molecule is CCn1ncc(OC)c1C(O)c1ccccc1. The van der Waals surface area contributed by atoms with Crippen molar-refractivity contribution in [3.05, 3.63) is 47.8 Å². The molecule has 0 saturated heterocycles. The van der Waals surface area contributed by atoms with Gasteiger partial charge in [-0.2, -0.15) is 5.10 Å². The number of aliphatic hydroxyl groups is 1. The van der Waals surface area contributed by atoms with Gasteiger partial charge in [-0.05, 0) is 12.5 Å². The minimum Gasteiger partial charge on any atom is -0.493 e. The van der Waals surface area contributed by atoms with Crippen LogP contribution in [0.2, 0.25) is 0 Å². The molecule has 1 heterocycles. The lowest BCUT2D eigenvalue weighted by atomic mass is 10.1. The van der Waals surface area contributed by atoms with Gasteiger partial charge in [-0.3, -0.25) is 4.68 Å². The van der Waals surface area contributed by atoms with Crippen LogP contribution < -0.4 is 4.74 Å². The van der Waals surface area contributed by atoms with E-state index in [4.69, 9.17) is 4.74 Å². The first-order chi connectivity index (χ1) is 8.27. The van der Waals surface area contributed by atoms with E-state index in [9.17, 15) is 5.11 Å². The summed E-state index contributed by atoms with van der Waals surface area (Å²) in [7, 11) is 1.58. The Labute approximate surface area is 100 Å². The lowest BCUT2D eigenvalue weighted by molar-refractivity contribution is 0.202. The summed E-state index contributed by atoms with van der Waals surface area (Å²) in [6.45, 7) is 2.68. The molecule has 4 heteroatoms. The Hall–Kier alpha value is -1.81. The van der Waals surface area contributed by atoms with E-state index in [0.717, 1.165) is 5.56 Å². The van der Waals surface area contributed by atoms with Crippen molar-refractivity contribution in [1.29, 1.82) is 0 Å². The molecule has 0 aliphatic rings. The summed E-state index contributed by atoms with van der Waals surface area (Å²) >= 11 is 0. The van der Waals surface area contributed by atoms with Gasteiger partial charge < -0.3 is 9.84 Å². The van der Waals surface area contributed by atoms with Gasteiger partial charge in [0.05, 0.1) is 13.3 Å². The quantitative estimate of drug-likeness (QED) is 0.877. The Kier molecular flexibility index (Phi) is 3.44. The predicted octanol–water partition coefficient (Wildman–Crippen LogP) is 1.99. The maximum absolute atomic E-state index is 10.4. The van der Waals surface area contributed by atoms with E-state index in [1.165, 1.54) is 0 Å². The number of aromatic nitrogens is 2. The fourth-order valence-electron chi connectivity index (χ4n) is 1.86. The number of rotatable bonds is 4. The molecule has 0 aliphatic carbocycles. The molecule has 0 saturated carbocycles. The zero-order valence-corrected chi connectivity index (χ0v) is 10.00. The molecule has 1 unspecified atom stereocenters. The third kappa shape index (κ3) is 2.17. The Balaban J connectivity index is 2.42. The summed E-state index contributed by atoms with van der Waals surface area (Å²) in [5.74, 6) is 0.614. The molecule has 90 valence electrons. The van der Waals surface area contributed by atoms with E-state index in [-0.39, 0.29) is 0 Å². The molecule has 2 rings (SSSR count). The number of methoxy groups -OCH3 is 1. The molecule has 1 atom stereocenters. The number of hydrogen-bond acceptors (Lipinski definition) is 3. The maximum Gasteiger partial charge on any atom is 0.163 e. The van der Waals surface area contributed by atoms with Crippen LogP contribution in [-0.4, -0.2) is 22.0 Å². The number of aryl methyl sites for hydroxylation is 1. The highest BCUT2D eigenvalue weighted by atomic mass is 16.5. The van der Waals surface area contributed by atoms with Gasteiger partial charge in [0.1, 0.15) is 11.8 Å². The molecule has 0 bridgehead atoms. The number of nitrogens with zero attached hydrogens (tertiary/aromatic N) is 2. The predicted molar refractivity (Wildman–Crippen MR) is 65.0 cm³/mol. The molecule has 1 aromatic heterocycles. The normalized spacial score (nSPS) is 12.4. The zero-order chi connectivity index (χ0) is 12.3. The average Bonchev–Trinajstić information content (AvgIpc) is 2.81. The fourth-order valence-corrected chi connectivity index (χ4v) is 1.86. The second-order valence-electron chi connectivity index (χ2n) is 3.73. The van der Waals surface area contributed by atoms with Crippen molar-refractivity contribution in [2.24, 2.45) is 0 Å². The average molecular weight is 232 g/mol. The van der Waals surface area contributed by atoms with Gasteiger partial charge in [0.2, 0.25) is 0 Å². The zero-order valence-electron chi connectivity index (χ0n) is 10.00. The molecule has 17 heavy (non-hydrogen) atoms. The van der Waals surface area contributed by atoms with Crippen LogP contribution in [0.4, 0.5) is 0 Å². The van der Waals surface area contributed by atoms with E-state index < -0.39 is 6.10 Å². The molecule has 0 fully saturated rings. The first-order valence-electron chi connectivity index (χ1n) is 5.60. The summed E-state index contributed by atoms with van der Waals surface area (Å²) in [6.07, 6.45) is 0.916. The van der Waals surface area contributed by atoms with Crippen LogP contribution in [0, 0.1) is 0 Å². The minimum atomic E-state index is -0.714. The van der Waals surface area contributed by atoms with Gasteiger partial charge in [-0.1, -0.05) is 30.3 Å². The van der Waals surface area contributed by atoms with Crippen molar-refractivity contribution in [2.45, 2.75) is 19.6 Å². The van der Waals surface area contributed by atoms with Gasteiger partial charge >= 0.3 is 0 Å². The van der Waals surface area contributed by atoms with Crippen molar-refractivity contribution in [3.8, 4) is 5.75 Å². The molecule has 4 nitrogen and oxygen atoms in total. The number of benzene rings is 1. The second kappa shape index (κ2) is 5.01. The van der Waals surface area contributed by atoms with Crippen LogP contribution in [0.5, 0.6) is 5.75 Å². The molecule has 1 aromatic carbocycles. The lowest BCUT2D eigenvalue weighted by Gasteiger charge is -2.14. The van der Waals surface area contributed by atoms with E-state index in [1.54, 1.807) is 18.0 Å². The van der Waals surface area contributed by atoms with E-state index >= 15 is 0 Å². The molecule has 1 N–H and O–H groups in total. The highest BCUT2D eigenvalue weighted by Gasteiger charge is 2.20. The Morgan fingerprint density at radius 2 is 2.06 bits per heavy atom. The lowest BCUT2D eigenvalue weighted by Crippen LogP contribution is -2.10. The number of hydrogen-bond donors (Lipinski definition) is 1. The van der Waals surface area contributed by atoms with Crippen molar-refractivity contribution in [1.82, 2.24) is 9.78 Å². The summed E-state index contributed by atoms with van der Waals surface area (Å²) < 4.78 is 6.97. The molecule has 0 radical (unpaired) electrons. The standard InChI is InChI=1S/C13H16N2O2/c1-3-15-12(11(17-2)9-14-15)13(16)10-7-5-4-6-8-10/h4-9,13,16H,3H2,1-2H3. The highest BCUT2D eigenvalue weighted by molar-refractivity contribution is 5.34. The third-order valence-electron chi connectivity index (χ3n) is 2.74. The first kappa shape index (κ1) is 11.7. The van der Waals surface area contributed by atoms with Crippen LogP contribution in [0.25, 0.3) is 0 Å². The smallest absolute Gasteiger partial charge is 0.163 e. The minimum absolute atomic E-state index is 0.614. The topological polar surface area (TPSA) is 47.3 Å². The number of aliphatic hydroxyl groups excluding tert-OH is 1. The van der Waals surface area contributed by atoms with Crippen LogP contribution in [0.15, 0.2) is 36.5 Å². The highest BCUT2D eigenvalue weighted by Crippen LogP contribution is 2.29. The van der Waals surface area contributed by atoms with E-state index in [1.807, 2.05) is 37.3 Å². The Morgan fingerprint density at radius 1 is 1.35 bits per heavy atom. The molecular weight excluding hydrogens is 216 g/mol. The molecule has 2 aromatic rings. The van der Waals surface area contributed by atoms with Crippen molar-refractivity contribution in [3.63, 3.8) is 0 Å². The fraction of sp³-hybridized carbons (Fsp3) is 0.308. The largest absolute Gasteiger partial charge is 0.493 e. The summed E-state index contributed by atoms with van der Waals surface area (Å²) in [5.41, 5.74) is 1.53. The summed E-state index contributed by atoms with van der Waals surface area (Å²) in [5, 5.41) is 14.5. The first-order valence-corrected chi connectivity index (χ1v) is 5.60. The van der Waals surface area contributed by atoms with E-state index in [0.29, 0.717) is 18.0 Å². The van der Waals surface area contributed by atoms with Gasteiger partial charge in [-0.25, -0.2) is 0 Å². The van der Waals surface area contributed by atoms with E-state index in [2.05, 4.69) is 5.10 Å². The summed E-state index contributed by atoms with van der Waals surface area (Å²) in [6, 6.07) is 9.49. The van der Waals surface area contributed by atoms with Gasteiger partial charge in [0.25, 0.3) is 0 Å². The monoisotopic (exact) mass is 232 g/mol. The third-order valence-corrected chi connectivity index (χ3v) is 2.74. The van der Waals surface area contributed by atoms with Crippen molar-refractivity contribution < 1.29 is 9.84 Å². The van der Waals surface area contributed by atoms with Crippen LogP contribution in [-0.2, 0) is 6.54 Å². The molecule has 0 spiro atoms. The van der Waals surface area contributed by atoms with Gasteiger partial charge in [0, 0.05) is 6.54 Å². The van der Waals surface area contributed by atoms with Crippen LogP contribution >= 0.6 is 0 Å². The Bertz CT molecular complexity index is 458. The number of ether oxygens (including phenoxy) is 1. The Morgan fingerprint density at radius 3 is 2.65 bits per heavy atom. The van der Waals surface area contributed by atoms with Crippen molar-refractivity contribution in [2.75, 3.05) is 7.11 Å². The second-order valence-corrected chi connectivity index (χ2v) is 3.73. The van der Waals surface area contributed by atoms with Gasteiger partial charge in [-0.15, -0.1) is 0 Å². The van der Waals surface area contributed by atoms with Crippen molar-refractivity contribution >= 4 is 0 Å². The molecule has 0 aliphatic heterocycles. The maximum atomic E-state index is 10.4. The van der Waals surface area contributed by atoms with Crippen LogP contribution in [0.3, 0.4) is 0 Å². The molecular formula is C13H16N2O2. The molecule has 0 amide bonds. The summed E-state index contributed by atoms with van der Waals surface area (Å²) in [4.78, 5) is 0. The van der Waals surface area contributed by atoms with Gasteiger partial charge in [0.15, 0.2) is 5.75 Å². The van der Waals surface area contributed by atoms with Crippen LogP contribution in [0.1, 0.15) is 24.3 Å².